The molecule has 1 heterocycles. The summed E-state index contributed by atoms with van der Waals surface area (Å²) in [6.45, 7) is 2.36. The Balaban J connectivity index is 1.57. The van der Waals surface area contributed by atoms with Gasteiger partial charge in [-0.25, -0.2) is 0 Å². The van der Waals surface area contributed by atoms with Gasteiger partial charge in [-0.1, -0.05) is 19.8 Å². The maximum atomic E-state index is 13.8. The Kier molecular flexibility index (Phi) is 4.56. The molecule has 116 valence electrons. The van der Waals surface area contributed by atoms with E-state index in [1.54, 1.807) is 6.07 Å². The average Bonchev–Trinajstić information content (AvgIpc) is 2.48. The average molecular weight is 293 g/mol. The SMILES string of the molecule is CC1CCC(C2CCC(c3ccc(F)nc3F)CC2)CC1. The van der Waals surface area contributed by atoms with Gasteiger partial charge in [0.15, 0.2) is 0 Å². The van der Waals surface area contributed by atoms with Crippen LogP contribution in [0.25, 0.3) is 0 Å². The molecular formula is C18H25F2N. The number of aromatic nitrogens is 1. The summed E-state index contributed by atoms with van der Waals surface area (Å²) in [6.07, 6.45) is 9.96. The Hall–Kier alpha value is -0.990. The first-order chi connectivity index (χ1) is 10.1. The predicted octanol–water partition coefficient (Wildman–Crippen LogP) is 5.46. The lowest BCUT2D eigenvalue weighted by molar-refractivity contribution is 0.164. The molecule has 3 rings (SSSR count). The molecule has 0 atom stereocenters. The van der Waals surface area contributed by atoms with Gasteiger partial charge >= 0.3 is 0 Å². The number of pyridine rings is 1. The molecule has 2 aliphatic carbocycles. The molecule has 0 saturated heterocycles. The number of hydrogen-bond acceptors (Lipinski definition) is 1. The normalized spacial score (nSPS) is 33.9. The van der Waals surface area contributed by atoms with Gasteiger partial charge in [-0.2, -0.15) is 13.8 Å². The number of halogens is 2. The second kappa shape index (κ2) is 6.41. The van der Waals surface area contributed by atoms with Crippen molar-refractivity contribution in [2.45, 2.75) is 64.2 Å². The van der Waals surface area contributed by atoms with Gasteiger partial charge in [0.25, 0.3) is 0 Å². The van der Waals surface area contributed by atoms with Crippen molar-refractivity contribution < 1.29 is 8.78 Å². The molecule has 1 aromatic rings. The van der Waals surface area contributed by atoms with Gasteiger partial charge in [0.05, 0.1) is 0 Å². The lowest BCUT2D eigenvalue weighted by Crippen LogP contribution is -2.25. The van der Waals surface area contributed by atoms with Crippen LogP contribution in [0.15, 0.2) is 12.1 Å². The van der Waals surface area contributed by atoms with E-state index < -0.39 is 11.9 Å². The van der Waals surface area contributed by atoms with E-state index >= 15 is 0 Å². The molecule has 0 amide bonds. The summed E-state index contributed by atoms with van der Waals surface area (Å²) in [5.41, 5.74) is 0.618. The van der Waals surface area contributed by atoms with E-state index in [0.717, 1.165) is 30.6 Å². The lowest BCUT2D eigenvalue weighted by Gasteiger charge is -2.37. The first-order valence-corrected chi connectivity index (χ1v) is 8.45. The molecule has 0 aliphatic heterocycles. The van der Waals surface area contributed by atoms with Crippen molar-refractivity contribution in [2.24, 2.45) is 17.8 Å². The third kappa shape index (κ3) is 3.44. The number of rotatable bonds is 2. The summed E-state index contributed by atoms with van der Waals surface area (Å²) in [7, 11) is 0. The van der Waals surface area contributed by atoms with E-state index in [9.17, 15) is 8.78 Å². The van der Waals surface area contributed by atoms with E-state index in [1.807, 2.05) is 0 Å². The standard InChI is InChI=1S/C18H25F2N/c1-12-2-4-13(5-3-12)14-6-8-15(9-7-14)16-10-11-17(19)21-18(16)20/h10-15H,2-9H2,1H3. The van der Waals surface area contributed by atoms with Gasteiger partial charge in [-0.05, 0) is 74.3 Å². The molecule has 2 aliphatic rings. The first kappa shape index (κ1) is 14.9. The van der Waals surface area contributed by atoms with Gasteiger partial charge in [-0.15, -0.1) is 0 Å². The van der Waals surface area contributed by atoms with Crippen molar-refractivity contribution in [1.29, 1.82) is 0 Å². The highest BCUT2D eigenvalue weighted by molar-refractivity contribution is 5.17. The molecule has 0 bridgehead atoms. The van der Waals surface area contributed by atoms with Crippen molar-refractivity contribution >= 4 is 0 Å². The topological polar surface area (TPSA) is 12.9 Å². The van der Waals surface area contributed by atoms with Crippen LogP contribution in [0, 0.1) is 29.6 Å². The number of nitrogens with zero attached hydrogens (tertiary/aromatic N) is 1. The predicted molar refractivity (Wildman–Crippen MR) is 80.0 cm³/mol. The van der Waals surface area contributed by atoms with Crippen LogP contribution in [0.2, 0.25) is 0 Å². The molecular weight excluding hydrogens is 268 g/mol. The fourth-order valence-corrected chi connectivity index (χ4v) is 4.39. The molecule has 1 nitrogen and oxygen atoms in total. The molecule has 21 heavy (non-hydrogen) atoms. The maximum absolute atomic E-state index is 13.8. The highest BCUT2D eigenvalue weighted by atomic mass is 19.1. The summed E-state index contributed by atoms with van der Waals surface area (Å²) in [5.74, 6) is 1.52. The van der Waals surface area contributed by atoms with E-state index in [4.69, 9.17) is 0 Å². The highest BCUT2D eigenvalue weighted by Crippen LogP contribution is 2.44. The van der Waals surface area contributed by atoms with E-state index in [0.29, 0.717) is 5.56 Å². The van der Waals surface area contributed by atoms with Crippen LogP contribution in [-0.4, -0.2) is 4.98 Å². The van der Waals surface area contributed by atoms with Crippen LogP contribution in [-0.2, 0) is 0 Å². The molecule has 2 fully saturated rings. The van der Waals surface area contributed by atoms with Crippen molar-refractivity contribution in [3.8, 4) is 0 Å². The quantitative estimate of drug-likeness (QED) is 0.660. The summed E-state index contributed by atoms with van der Waals surface area (Å²) in [6, 6.07) is 2.87. The second-order valence-corrected chi connectivity index (χ2v) is 7.15. The number of hydrogen-bond donors (Lipinski definition) is 0. The molecule has 0 unspecified atom stereocenters. The van der Waals surface area contributed by atoms with Gasteiger partial charge in [0.2, 0.25) is 11.9 Å². The molecule has 0 N–H and O–H groups in total. The highest BCUT2D eigenvalue weighted by Gasteiger charge is 2.31. The van der Waals surface area contributed by atoms with Crippen LogP contribution in [0.3, 0.4) is 0 Å². The third-order valence-electron chi connectivity index (χ3n) is 5.78. The van der Waals surface area contributed by atoms with Gasteiger partial charge in [0.1, 0.15) is 0 Å². The fourth-order valence-electron chi connectivity index (χ4n) is 4.39. The molecule has 0 aromatic carbocycles. The smallest absolute Gasteiger partial charge is 0.190 e. The van der Waals surface area contributed by atoms with Crippen LogP contribution in [0.1, 0.15) is 69.8 Å². The van der Waals surface area contributed by atoms with Gasteiger partial charge < -0.3 is 0 Å². The molecule has 0 radical (unpaired) electrons. The minimum atomic E-state index is -0.721. The molecule has 2 saturated carbocycles. The maximum Gasteiger partial charge on any atom is 0.218 e. The minimum absolute atomic E-state index is 0.233. The Bertz CT molecular complexity index is 472. The van der Waals surface area contributed by atoms with Crippen molar-refractivity contribution in [2.75, 3.05) is 0 Å². The van der Waals surface area contributed by atoms with Crippen LogP contribution in [0.5, 0.6) is 0 Å². The van der Waals surface area contributed by atoms with E-state index in [1.165, 1.54) is 44.6 Å². The van der Waals surface area contributed by atoms with Crippen LogP contribution in [0.4, 0.5) is 8.78 Å². The third-order valence-corrected chi connectivity index (χ3v) is 5.78. The summed E-state index contributed by atoms with van der Waals surface area (Å²) < 4.78 is 26.7. The Labute approximate surface area is 126 Å². The van der Waals surface area contributed by atoms with Crippen molar-refractivity contribution in [1.82, 2.24) is 4.98 Å². The Morgan fingerprint density at radius 1 is 0.857 bits per heavy atom. The first-order valence-electron chi connectivity index (χ1n) is 8.45. The molecule has 1 aromatic heterocycles. The van der Waals surface area contributed by atoms with E-state index in [2.05, 4.69) is 11.9 Å². The Morgan fingerprint density at radius 3 is 2.00 bits per heavy atom. The zero-order valence-corrected chi connectivity index (χ0v) is 12.8. The molecule has 3 heteroatoms. The fraction of sp³-hybridized carbons (Fsp3) is 0.722. The largest absolute Gasteiger partial charge is 0.218 e. The van der Waals surface area contributed by atoms with Crippen LogP contribution < -0.4 is 0 Å². The molecule has 0 spiro atoms. The monoisotopic (exact) mass is 293 g/mol. The van der Waals surface area contributed by atoms with Gasteiger partial charge in [-0.3, -0.25) is 0 Å². The second-order valence-electron chi connectivity index (χ2n) is 7.15. The summed E-state index contributed by atoms with van der Waals surface area (Å²) in [5, 5.41) is 0. The minimum Gasteiger partial charge on any atom is -0.190 e. The zero-order valence-electron chi connectivity index (χ0n) is 12.8. The van der Waals surface area contributed by atoms with Crippen molar-refractivity contribution in [3.05, 3.63) is 29.6 Å². The van der Waals surface area contributed by atoms with Crippen molar-refractivity contribution in [3.63, 3.8) is 0 Å². The van der Waals surface area contributed by atoms with Crippen LogP contribution >= 0.6 is 0 Å². The Morgan fingerprint density at radius 2 is 1.43 bits per heavy atom. The van der Waals surface area contributed by atoms with Gasteiger partial charge in [0, 0.05) is 5.56 Å². The zero-order chi connectivity index (χ0) is 14.8. The summed E-state index contributed by atoms with van der Waals surface area (Å²) >= 11 is 0. The lowest BCUT2D eigenvalue weighted by atomic mass is 9.68. The summed E-state index contributed by atoms with van der Waals surface area (Å²) in [4.78, 5) is 3.33. The van der Waals surface area contributed by atoms with E-state index in [-0.39, 0.29) is 5.92 Å².